The number of thiophene rings is 1. The number of nitrogens with zero attached hydrogens (tertiary/aromatic N) is 2. The molecule has 1 aromatic heterocycles. The summed E-state index contributed by atoms with van der Waals surface area (Å²) in [6.07, 6.45) is 0.946. The van der Waals surface area contributed by atoms with Crippen LogP contribution in [-0.4, -0.2) is 50.7 Å². The summed E-state index contributed by atoms with van der Waals surface area (Å²) in [5, 5.41) is 0. The van der Waals surface area contributed by atoms with E-state index in [-0.39, 0.29) is 11.8 Å². The van der Waals surface area contributed by atoms with Crippen LogP contribution in [0.2, 0.25) is 0 Å². The Balaban J connectivity index is 1.41. The highest BCUT2D eigenvalue weighted by Gasteiger charge is 2.31. The normalized spacial score (nSPS) is 23.4. The van der Waals surface area contributed by atoms with Crippen molar-refractivity contribution in [1.29, 1.82) is 0 Å². The Morgan fingerprint density at radius 3 is 2.31 bits per heavy atom. The minimum Gasteiger partial charge on any atom is -0.369 e. The average Bonchev–Trinajstić information content (AvgIpc) is 3.37. The van der Waals surface area contributed by atoms with Gasteiger partial charge < -0.3 is 4.90 Å². The number of hydrazine groups is 1. The van der Waals surface area contributed by atoms with Gasteiger partial charge in [0.2, 0.25) is 0 Å². The molecule has 2 unspecified atom stereocenters. The molecule has 2 atom stereocenters. The van der Waals surface area contributed by atoms with Gasteiger partial charge in [-0.1, -0.05) is 0 Å². The Hall–Kier alpha value is -1.78. The van der Waals surface area contributed by atoms with E-state index in [0.29, 0.717) is 42.0 Å². The first kappa shape index (κ1) is 20.5. The van der Waals surface area contributed by atoms with Crippen LogP contribution in [-0.2, 0) is 10.0 Å². The van der Waals surface area contributed by atoms with Crippen LogP contribution in [0.25, 0.3) is 0 Å². The van der Waals surface area contributed by atoms with Gasteiger partial charge in [-0.3, -0.25) is 10.2 Å². The molecule has 2 saturated heterocycles. The molecule has 2 fully saturated rings. The number of sulfonamides is 1. The molecule has 2 N–H and O–H groups in total. The number of rotatable bonds is 5. The van der Waals surface area contributed by atoms with E-state index in [2.05, 4.69) is 22.7 Å². The number of anilines is 1. The second-order valence-corrected chi connectivity index (χ2v) is 10.9. The second-order valence-electron chi connectivity index (χ2n) is 7.63. The van der Waals surface area contributed by atoms with Gasteiger partial charge in [-0.25, -0.2) is 13.8 Å². The van der Waals surface area contributed by atoms with Gasteiger partial charge in [0.25, 0.3) is 10.0 Å². The van der Waals surface area contributed by atoms with Gasteiger partial charge in [0.05, 0.1) is 6.04 Å². The number of hydrogen-bond donors (Lipinski definition) is 2. The van der Waals surface area contributed by atoms with Gasteiger partial charge in [0, 0.05) is 48.3 Å². The van der Waals surface area contributed by atoms with Crippen molar-refractivity contribution in [2.24, 2.45) is 0 Å². The van der Waals surface area contributed by atoms with Gasteiger partial charge in [-0.05, 0) is 56.7 Å². The second kappa shape index (κ2) is 8.16. The zero-order chi connectivity index (χ0) is 20.6. The predicted octanol–water partition coefficient (Wildman–Crippen LogP) is 2.39. The predicted molar refractivity (Wildman–Crippen MR) is 115 cm³/mol. The van der Waals surface area contributed by atoms with Crippen molar-refractivity contribution in [3.05, 3.63) is 46.8 Å². The molecule has 2 aliphatic rings. The zero-order valence-electron chi connectivity index (χ0n) is 16.6. The van der Waals surface area contributed by atoms with Crippen molar-refractivity contribution in [1.82, 2.24) is 15.2 Å². The van der Waals surface area contributed by atoms with Crippen LogP contribution in [0.4, 0.5) is 5.69 Å². The Morgan fingerprint density at radius 1 is 1.03 bits per heavy atom. The van der Waals surface area contributed by atoms with Gasteiger partial charge in [0.15, 0.2) is 5.78 Å². The molecule has 0 bridgehead atoms. The third kappa shape index (κ3) is 4.24. The molecule has 0 spiro atoms. The molecule has 0 aliphatic carbocycles. The molecule has 0 saturated carbocycles. The minimum atomic E-state index is -3.48. The summed E-state index contributed by atoms with van der Waals surface area (Å²) in [6, 6.07) is 11.7. The maximum Gasteiger partial charge on any atom is 0.252 e. The van der Waals surface area contributed by atoms with E-state index in [1.807, 2.05) is 30.3 Å². The van der Waals surface area contributed by atoms with Crippen molar-refractivity contribution in [2.45, 2.75) is 36.6 Å². The number of nitrogens with one attached hydrogen (secondary N) is 2. The lowest BCUT2D eigenvalue weighted by molar-refractivity contribution is 0.101. The quantitative estimate of drug-likeness (QED) is 0.704. The summed E-state index contributed by atoms with van der Waals surface area (Å²) in [4.78, 5) is 14.6. The number of piperazine rings is 1. The molecular formula is C20H26N4O3S2. The summed E-state index contributed by atoms with van der Waals surface area (Å²) in [5.74, 6) is 0.0424. The summed E-state index contributed by atoms with van der Waals surface area (Å²) < 4.78 is 28.2. The molecule has 2 aromatic rings. The molecule has 0 radical (unpaired) electrons. The number of benzene rings is 1. The monoisotopic (exact) mass is 434 g/mol. The average molecular weight is 435 g/mol. The molecule has 0 amide bonds. The van der Waals surface area contributed by atoms with Crippen molar-refractivity contribution < 1.29 is 13.2 Å². The van der Waals surface area contributed by atoms with E-state index in [9.17, 15) is 13.2 Å². The van der Waals surface area contributed by atoms with E-state index in [4.69, 9.17) is 0 Å². The molecule has 9 heteroatoms. The van der Waals surface area contributed by atoms with Crippen LogP contribution < -0.4 is 15.8 Å². The molecule has 2 aliphatic heterocycles. The van der Waals surface area contributed by atoms with Crippen molar-refractivity contribution in [3.8, 4) is 0 Å². The molecule has 29 heavy (non-hydrogen) atoms. The van der Waals surface area contributed by atoms with Crippen LogP contribution in [0, 0.1) is 0 Å². The standard InChI is InChI=1S/C20H26N4O3S2/c1-14-13-18(22-21-14)19-7-8-20(28-19)29(26,27)24-11-9-23(10-12-24)17-5-3-16(4-6-17)15(2)25/h3-8,14,18,21-22H,9-13H2,1-2H3. The lowest BCUT2D eigenvalue weighted by atomic mass is 10.1. The Morgan fingerprint density at radius 2 is 1.72 bits per heavy atom. The fourth-order valence-electron chi connectivity index (χ4n) is 3.78. The van der Waals surface area contributed by atoms with Crippen LogP contribution in [0.3, 0.4) is 0 Å². The first-order valence-electron chi connectivity index (χ1n) is 9.81. The first-order valence-corrected chi connectivity index (χ1v) is 12.1. The van der Waals surface area contributed by atoms with Gasteiger partial charge >= 0.3 is 0 Å². The Labute approximate surface area is 175 Å². The van der Waals surface area contributed by atoms with Gasteiger partial charge in [-0.15, -0.1) is 11.3 Å². The fraction of sp³-hybridized carbons (Fsp3) is 0.450. The number of hydrogen-bond acceptors (Lipinski definition) is 7. The van der Waals surface area contributed by atoms with E-state index < -0.39 is 10.0 Å². The zero-order valence-corrected chi connectivity index (χ0v) is 18.2. The summed E-state index contributed by atoms with van der Waals surface area (Å²) >= 11 is 1.36. The SMILES string of the molecule is CC(=O)c1ccc(N2CCN(S(=O)(=O)c3ccc(C4CC(C)NN4)s3)CC2)cc1. The smallest absolute Gasteiger partial charge is 0.252 e. The number of carbonyl (C=O) groups excluding carboxylic acids is 1. The third-order valence-electron chi connectivity index (χ3n) is 5.51. The molecule has 1 aromatic carbocycles. The lowest BCUT2D eigenvalue weighted by Gasteiger charge is -2.35. The number of Topliss-reactive ketones (excluding diaryl/α,β-unsaturated/α-hetero) is 1. The highest BCUT2D eigenvalue weighted by molar-refractivity contribution is 7.91. The molecular weight excluding hydrogens is 408 g/mol. The topological polar surface area (TPSA) is 81.8 Å². The van der Waals surface area contributed by atoms with Gasteiger partial charge in [0.1, 0.15) is 4.21 Å². The van der Waals surface area contributed by atoms with Crippen molar-refractivity contribution >= 4 is 32.8 Å². The van der Waals surface area contributed by atoms with E-state index >= 15 is 0 Å². The largest absolute Gasteiger partial charge is 0.369 e. The number of ketones is 1. The lowest BCUT2D eigenvalue weighted by Crippen LogP contribution is -2.48. The summed E-state index contributed by atoms with van der Waals surface area (Å²) in [5.41, 5.74) is 8.11. The maximum absolute atomic E-state index is 13.1. The third-order valence-corrected chi connectivity index (χ3v) is 9.08. The van der Waals surface area contributed by atoms with Crippen LogP contribution in [0.15, 0.2) is 40.6 Å². The molecule has 4 rings (SSSR count). The Kier molecular flexibility index (Phi) is 5.76. The fourth-order valence-corrected chi connectivity index (χ4v) is 6.75. The Bertz CT molecular complexity index is 979. The van der Waals surface area contributed by atoms with E-state index in [1.165, 1.54) is 11.3 Å². The van der Waals surface area contributed by atoms with E-state index in [1.54, 1.807) is 17.3 Å². The summed E-state index contributed by atoms with van der Waals surface area (Å²) in [6.45, 7) is 5.81. The number of carbonyl (C=O) groups is 1. The van der Waals surface area contributed by atoms with Crippen LogP contribution in [0.5, 0.6) is 0 Å². The van der Waals surface area contributed by atoms with Crippen LogP contribution in [0.1, 0.15) is 41.5 Å². The van der Waals surface area contributed by atoms with E-state index in [0.717, 1.165) is 17.0 Å². The minimum absolute atomic E-state index is 0.0424. The van der Waals surface area contributed by atoms with Crippen molar-refractivity contribution in [3.63, 3.8) is 0 Å². The molecule has 7 nitrogen and oxygen atoms in total. The highest BCUT2D eigenvalue weighted by Crippen LogP contribution is 2.32. The van der Waals surface area contributed by atoms with Crippen molar-refractivity contribution in [2.75, 3.05) is 31.1 Å². The molecule has 156 valence electrons. The maximum atomic E-state index is 13.1. The first-order chi connectivity index (χ1) is 13.8. The summed E-state index contributed by atoms with van der Waals surface area (Å²) in [7, 11) is -3.48. The van der Waals surface area contributed by atoms with Gasteiger partial charge in [-0.2, -0.15) is 4.31 Å². The highest BCUT2D eigenvalue weighted by atomic mass is 32.2. The van der Waals surface area contributed by atoms with Crippen LogP contribution >= 0.6 is 11.3 Å². The molecule has 3 heterocycles.